The maximum Gasteiger partial charge on any atom is 0.164 e. The normalized spacial score (nSPS) is 12.6. The number of benzene rings is 9. The van der Waals surface area contributed by atoms with E-state index in [0.29, 0.717) is 17.5 Å². The zero-order valence-corrected chi connectivity index (χ0v) is 33.6. The second-order valence-corrected chi connectivity index (χ2v) is 15.9. The molecule has 290 valence electrons. The highest BCUT2D eigenvalue weighted by Crippen LogP contribution is 2.57. The molecule has 1 aliphatic rings. The second kappa shape index (κ2) is 14.5. The summed E-state index contributed by atoms with van der Waals surface area (Å²) in [4.78, 5) is 15.6. The quantitative estimate of drug-likeness (QED) is 0.161. The van der Waals surface area contributed by atoms with Crippen molar-refractivity contribution in [1.82, 2.24) is 15.0 Å². The summed E-state index contributed by atoms with van der Waals surface area (Å²) in [5, 5.41) is 2.22. The van der Waals surface area contributed by atoms with Crippen molar-refractivity contribution in [1.29, 1.82) is 0 Å². The number of furan rings is 1. The molecule has 4 heteroatoms. The van der Waals surface area contributed by atoms with Crippen LogP contribution < -0.4 is 0 Å². The first-order valence-corrected chi connectivity index (χ1v) is 21.0. The van der Waals surface area contributed by atoms with Crippen LogP contribution in [0, 0.1) is 0 Å². The first-order chi connectivity index (χ1) is 30.7. The maximum absolute atomic E-state index is 6.22. The van der Waals surface area contributed by atoms with Crippen LogP contribution in [0.15, 0.2) is 229 Å². The Balaban J connectivity index is 1.01. The Morgan fingerprint density at radius 2 is 0.806 bits per heavy atom. The van der Waals surface area contributed by atoms with E-state index in [0.717, 1.165) is 60.9 Å². The molecule has 0 spiro atoms. The lowest BCUT2D eigenvalue weighted by Crippen LogP contribution is -2.28. The van der Waals surface area contributed by atoms with Crippen LogP contribution in [0.5, 0.6) is 0 Å². The number of hydrogen-bond acceptors (Lipinski definition) is 4. The van der Waals surface area contributed by atoms with E-state index in [1.807, 2.05) is 36.4 Å². The van der Waals surface area contributed by atoms with Gasteiger partial charge in [-0.15, -0.1) is 0 Å². The molecule has 0 saturated carbocycles. The fraction of sp³-hybridized carbons (Fsp3) is 0.0172. The Bertz CT molecular complexity index is 3410. The van der Waals surface area contributed by atoms with Gasteiger partial charge >= 0.3 is 0 Å². The van der Waals surface area contributed by atoms with Crippen molar-refractivity contribution in [3.05, 3.63) is 247 Å². The summed E-state index contributed by atoms with van der Waals surface area (Å²) in [6.45, 7) is 0. The minimum absolute atomic E-state index is 0.511. The van der Waals surface area contributed by atoms with Crippen molar-refractivity contribution in [2.45, 2.75) is 5.41 Å². The summed E-state index contributed by atoms with van der Waals surface area (Å²) < 4.78 is 6.22. The van der Waals surface area contributed by atoms with Crippen LogP contribution in [0.3, 0.4) is 0 Å². The van der Waals surface area contributed by atoms with Crippen molar-refractivity contribution in [3.8, 4) is 67.5 Å². The molecule has 0 amide bonds. The molecule has 4 nitrogen and oxygen atoms in total. The molecule has 12 rings (SSSR count). The van der Waals surface area contributed by atoms with Crippen LogP contribution in [0.4, 0.5) is 0 Å². The third kappa shape index (κ3) is 5.65. The lowest BCUT2D eigenvalue weighted by atomic mass is 9.67. The highest BCUT2D eigenvalue weighted by atomic mass is 16.3. The summed E-state index contributed by atoms with van der Waals surface area (Å²) in [5.74, 6) is 1.85. The standard InChI is InChI=1S/C58H37N3O/c1-4-17-39(18-5-1)55-59-56(40-33-31-38(32-34-40)45-27-16-30-53-54(45)49-26-13-15-29-52(49)62-53)61-57(60-55)48-25-11-10-23-44(48)41-35-36-47-46-24-12-14-28-50(46)58(51(47)37-41,42-19-6-2-7-20-42)43-21-8-3-9-22-43/h1-37H. The van der Waals surface area contributed by atoms with Crippen molar-refractivity contribution in [2.24, 2.45) is 0 Å². The van der Waals surface area contributed by atoms with Gasteiger partial charge in [-0.1, -0.05) is 206 Å². The van der Waals surface area contributed by atoms with Gasteiger partial charge in [0, 0.05) is 27.5 Å². The third-order valence-electron chi connectivity index (χ3n) is 12.5. The van der Waals surface area contributed by atoms with Gasteiger partial charge in [-0.2, -0.15) is 0 Å². The average molecular weight is 792 g/mol. The van der Waals surface area contributed by atoms with Crippen molar-refractivity contribution in [2.75, 3.05) is 0 Å². The zero-order chi connectivity index (χ0) is 41.0. The lowest BCUT2D eigenvalue weighted by molar-refractivity contribution is 0.669. The molecule has 0 radical (unpaired) electrons. The van der Waals surface area contributed by atoms with Crippen LogP contribution in [-0.4, -0.2) is 15.0 Å². The van der Waals surface area contributed by atoms with Crippen molar-refractivity contribution >= 4 is 21.9 Å². The molecule has 62 heavy (non-hydrogen) atoms. The van der Waals surface area contributed by atoms with Crippen molar-refractivity contribution < 1.29 is 4.42 Å². The molecule has 2 heterocycles. The van der Waals surface area contributed by atoms with Crippen molar-refractivity contribution in [3.63, 3.8) is 0 Å². The fourth-order valence-electron chi connectivity index (χ4n) is 9.70. The molecule has 11 aromatic rings. The van der Waals surface area contributed by atoms with Gasteiger partial charge in [-0.25, -0.2) is 15.0 Å². The lowest BCUT2D eigenvalue weighted by Gasteiger charge is -2.34. The first kappa shape index (κ1) is 35.7. The van der Waals surface area contributed by atoms with Gasteiger partial charge in [-0.3, -0.25) is 0 Å². The minimum Gasteiger partial charge on any atom is -0.456 e. The van der Waals surface area contributed by atoms with E-state index in [4.69, 9.17) is 19.4 Å². The smallest absolute Gasteiger partial charge is 0.164 e. The van der Waals surface area contributed by atoms with Gasteiger partial charge in [0.2, 0.25) is 0 Å². The predicted octanol–water partition coefficient (Wildman–Crippen LogP) is 14.5. The Morgan fingerprint density at radius 1 is 0.306 bits per heavy atom. The number of aromatic nitrogens is 3. The average Bonchev–Trinajstić information content (AvgIpc) is 3.89. The second-order valence-electron chi connectivity index (χ2n) is 15.9. The van der Waals surface area contributed by atoms with E-state index in [1.165, 1.54) is 33.4 Å². The van der Waals surface area contributed by atoms with E-state index in [9.17, 15) is 0 Å². The van der Waals surface area contributed by atoms with Gasteiger partial charge in [0.05, 0.1) is 5.41 Å². The molecular formula is C58H37N3O. The topological polar surface area (TPSA) is 51.8 Å². The van der Waals surface area contributed by atoms with E-state index >= 15 is 0 Å². The highest BCUT2D eigenvalue weighted by Gasteiger charge is 2.46. The SMILES string of the molecule is c1ccc(-c2nc(-c3ccc(-c4cccc5oc6ccccc6c45)cc3)nc(-c3ccccc3-c3ccc4c(c3)C(c3ccccc3)(c3ccccc3)c3ccccc3-4)n2)cc1. The molecule has 0 fully saturated rings. The summed E-state index contributed by atoms with van der Waals surface area (Å²) in [6.07, 6.45) is 0. The Morgan fingerprint density at radius 3 is 1.53 bits per heavy atom. The Kier molecular flexibility index (Phi) is 8.36. The highest BCUT2D eigenvalue weighted by molar-refractivity contribution is 6.12. The minimum atomic E-state index is -0.511. The summed E-state index contributed by atoms with van der Waals surface area (Å²) in [5.41, 5.74) is 15.9. The Labute approximate surface area is 359 Å². The molecule has 0 unspecified atom stereocenters. The molecule has 0 saturated heterocycles. The van der Waals surface area contributed by atoms with Crippen LogP contribution in [-0.2, 0) is 5.41 Å². The van der Waals surface area contributed by atoms with E-state index in [-0.39, 0.29) is 0 Å². The van der Waals surface area contributed by atoms with Crippen LogP contribution in [0.1, 0.15) is 22.3 Å². The van der Waals surface area contributed by atoms with E-state index < -0.39 is 5.41 Å². The molecule has 2 aromatic heterocycles. The van der Waals surface area contributed by atoms with Crippen LogP contribution in [0.2, 0.25) is 0 Å². The third-order valence-corrected chi connectivity index (χ3v) is 12.5. The maximum atomic E-state index is 6.22. The summed E-state index contributed by atoms with van der Waals surface area (Å²) >= 11 is 0. The predicted molar refractivity (Wildman–Crippen MR) is 252 cm³/mol. The summed E-state index contributed by atoms with van der Waals surface area (Å²) in [7, 11) is 0. The monoisotopic (exact) mass is 791 g/mol. The molecule has 1 aliphatic carbocycles. The molecule has 9 aromatic carbocycles. The van der Waals surface area contributed by atoms with Gasteiger partial charge in [0.15, 0.2) is 17.5 Å². The molecule has 0 bridgehead atoms. The van der Waals surface area contributed by atoms with E-state index in [2.05, 4.69) is 188 Å². The number of nitrogens with zero attached hydrogens (tertiary/aromatic N) is 3. The first-order valence-electron chi connectivity index (χ1n) is 21.0. The molecular weight excluding hydrogens is 755 g/mol. The zero-order valence-electron chi connectivity index (χ0n) is 33.6. The molecule has 0 atom stereocenters. The number of hydrogen-bond donors (Lipinski definition) is 0. The van der Waals surface area contributed by atoms with E-state index in [1.54, 1.807) is 0 Å². The molecule has 0 N–H and O–H groups in total. The van der Waals surface area contributed by atoms with Gasteiger partial charge in [-0.05, 0) is 73.8 Å². The summed E-state index contributed by atoms with van der Waals surface area (Å²) in [6, 6.07) is 79.4. The van der Waals surface area contributed by atoms with Crippen LogP contribution in [0.25, 0.3) is 89.5 Å². The van der Waals surface area contributed by atoms with Gasteiger partial charge < -0.3 is 4.42 Å². The van der Waals surface area contributed by atoms with Crippen LogP contribution >= 0.6 is 0 Å². The largest absolute Gasteiger partial charge is 0.456 e. The number of para-hydroxylation sites is 1. The fourth-order valence-corrected chi connectivity index (χ4v) is 9.70. The number of fused-ring (bicyclic) bond motifs is 6. The van der Waals surface area contributed by atoms with Gasteiger partial charge in [0.1, 0.15) is 11.2 Å². The molecule has 0 aliphatic heterocycles. The number of rotatable bonds is 7. The van der Waals surface area contributed by atoms with Gasteiger partial charge in [0.25, 0.3) is 0 Å². The Hall–Kier alpha value is -8.21.